The second-order valence-electron chi connectivity index (χ2n) is 4.04. The minimum Gasteiger partial charge on any atom is -0.0847 e. The Hall–Kier alpha value is -1.04. The van der Waals surface area contributed by atoms with Gasteiger partial charge < -0.3 is 0 Å². The Morgan fingerprint density at radius 2 is 2.00 bits per heavy atom. The molecule has 1 aromatic rings. The normalized spacial score (nSPS) is 17.9. The van der Waals surface area contributed by atoms with E-state index in [1.165, 1.54) is 31.2 Å². The van der Waals surface area contributed by atoms with Crippen LogP contribution < -0.4 is 0 Å². The van der Waals surface area contributed by atoms with E-state index in [4.69, 9.17) is 0 Å². The van der Waals surface area contributed by atoms with Crippen LogP contribution in [0.15, 0.2) is 42.0 Å². The largest absolute Gasteiger partial charge is 0.0847 e. The SMILES string of the molecule is CC[C@@H](C1=CCCC1)c1ccccc1. The fourth-order valence-corrected chi connectivity index (χ4v) is 2.41. The fraction of sp³-hybridized carbons (Fsp3) is 0.429. The summed E-state index contributed by atoms with van der Waals surface area (Å²) in [7, 11) is 0. The Morgan fingerprint density at radius 3 is 2.57 bits per heavy atom. The molecule has 2 rings (SSSR count). The zero-order valence-corrected chi connectivity index (χ0v) is 8.87. The molecule has 0 bridgehead atoms. The monoisotopic (exact) mass is 186 g/mol. The molecular weight excluding hydrogens is 168 g/mol. The van der Waals surface area contributed by atoms with Gasteiger partial charge in [-0.1, -0.05) is 48.9 Å². The van der Waals surface area contributed by atoms with Crippen LogP contribution in [0.1, 0.15) is 44.1 Å². The third-order valence-corrected chi connectivity index (χ3v) is 3.13. The summed E-state index contributed by atoms with van der Waals surface area (Å²) in [6, 6.07) is 10.9. The molecule has 0 nitrogen and oxygen atoms in total. The van der Waals surface area contributed by atoms with Gasteiger partial charge in [0.25, 0.3) is 0 Å². The quantitative estimate of drug-likeness (QED) is 0.618. The molecule has 0 saturated carbocycles. The van der Waals surface area contributed by atoms with Gasteiger partial charge in [0.1, 0.15) is 0 Å². The maximum atomic E-state index is 2.45. The lowest BCUT2D eigenvalue weighted by Crippen LogP contribution is -1.99. The van der Waals surface area contributed by atoms with Crippen molar-refractivity contribution in [3.05, 3.63) is 47.5 Å². The van der Waals surface area contributed by atoms with Gasteiger partial charge in [0.05, 0.1) is 0 Å². The fourth-order valence-electron chi connectivity index (χ4n) is 2.41. The van der Waals surface area contributed by atoms with E-state index in [2.05, 4.69) is 43.3 Å². The first-order valence-corrected chi connectivity index (χ1v) is 5.65. The van der Waals surface area contributed by atoms with E-state index in [1.54, 1.807) is 5.57 Å². The standard InChI is InChI=1S/C14H18/c1-2-14(13-10-6-7-11-13)12-8-4-3-5-9-12/h3-5,8-10,14H,2,6-7,11H2,1H3/t14-/m1/s1. The highest BCUT2D eigenvalue weighted by atomic mass is 14.2. The van der Waals surface area contributed by atoms with Crippen molar-refractivity contribution in [1.82, 2.24) is 0 Å². The van der Waals surface area contributed by atoms with Gasteiger partial charge in [-0.25, -0.2) is 0 Å². The number of benzene rings is 1. The first-order valence-electron chi connectivity index (χ1n) is 5.65. The molecular formula is C14H18. The first-order chi connectivity index (χ1) is 6.92. The Kier molecular flexibility index (Phi) is 3.03. The molecule has 0 spiro atoms. The van der Waals surface area contributed by atoms with E-state index in [9.17, 15) is 0 Å². The molecule has 0 amide bonds. The summed E-state index contributed by atoms with van der Waals surface area (Å²) in [5.74, 6) is 0.679. The Morgan fingerprint density at radius 1 is 1.21 bits per heavy atom. The lowest BCUT2D eigenvalue weighted by Gasteiger charge is -2.16. The molecule has 0 heterocycles. The van der Waals surface area contributed by atoms with Gasteiger partial charge in [-0.3, -0.25) is 0 Å². The average Bonchev–Trinajstić information content (AvgIpc) is 2.74. The maximum absolute atomic E-state index is 2.45. The van der Waals surface area contributed by atoms with Crippen molar-refractivity contribution in [3.63, 3.8) is 0 Å². The summed E-state index contributed by atoms with van der Waals surface area (Å²) in [4.78, 5) is 0. The maximum Gasteiger partial charge on any atom is 0.00455 e. The Balaban J connectivity index is 2.21. The van der Waals surface area contributed by atoms with Crippen LogP contribution >= 0.6 is 0 Å². The second-order valence-corrected chi connectivity index (χ2v) is 4.04. The highest BCUT2D eigenvalue weighted by molar-refractivity contribution is 5.30. The smallest absolute Gasteiger partial charge is 0.00455 e. The van der Waals surface area contributed by atoms with Crippen molar-refractivity contribution in [2.45, 2.75) is 38.5 Å². The van der Waals surface area contributed by atoms with Crippen LogP contribution in [-0.4, -0.2) is 0 Å². The van der Waals surface area contributed by atoms with E-state index >= 15 is 0 Å². The Labute approximate surface area is 86.7 Å². The van der Waals surface area contributed by atoms with E-state index in [0.717, 1.165) is 0 Å². The second kappa shape index (κ2) is 4.45. The Bertz CT molecular complexity index is 308. The molecule has 1 aliphatic carbocycles. The minimum absolute atomic E-state index is 0.679. The van der Waals surface area contributed by atoms with Crippen molar-refractivity contribution in [2.75, 3.05) is 0 Å². The van der Waals surface area contributed by atoms with Crippen molar-refractivity contribution in [1.29, 1.82) is 0 Å². The third-order valence-electron chi connectivity index (χ3n) is 3.13. The molecule has 1 aliphatic rings. The number of hydrogen-bond acceptors (Lipinski definition) is 0. The summed E-state index contributed by atoms with van der Waals surface area (Å²) in [5.41, 5.74) is 3.15. The predicted molar refractivity (Wildman–Crippen MR) is 61.4 cm³/mol. The summed E-state index contributed by atoms with van der Waals surface area (Å²) >= 11 is 0. The molecule has 0 aliphatic heterocycles. The number of rotatable bonds is 3. The van der Waals surface area contributed by atoms with Crippen LogP contribution in [0.25, 0.3) is 0 Å². The van der Waals surface area contributed by atoms with Gasteiger partial charge in [-0.2, -0.15) is 0 Å². The van der Waals surface area contributed by atoms with Gasteiger partial charge in [0.15, 0.2) is 0 Å². The molecule has 0 fully saturated rings. The van der Waals surface area contributed by atoms with Crippen LogP contribution in [-0.2, 0) is 0 Å². The molecule has 0 unspecified atom stereocenters. The van der Waals surface area contributed by atoms with E-state index in [-0.39, 0.29) is 0 Å². The highest BCUT2D eigenvalue weighted by Crippen LogP contribution is 2.34. The van der Waals surface area contributed by atoms with Crippen molar-refractivity contribution in [2.24, 2.45) is 0 Å². The molecule has 0 N–H and O–H groups in total. The summed E-state index contributed by atoms with van der Waals surface area (Å²) < 4.78 is 0. The van der Waals surface area contributed by atoms with Crippen LogP contribution in [0.5, 0.6) is 0 Å². The molecule has 0 aromatic heterocycles. The molecule has 1 aromatic carbocycles. The van der Waals surface area contributed by atoms with Crippen molar-refractivity contribution < 1.29 is 0 Å². The predicted octanol–water partition coefficient (Wildman–Crippen LogP) is 4.29. The van der Waals surface area contributed by atoms with Gasteiger partial charge in [-0.15, -0.1) is 0 Å². The van der Waals surface area contributed by atoms with Gasteiger partial charge in [0, 0.05) is 5.92 Å². The van der Waals surface area contributed by atoms with Crippen LogP contribution in [0.4, 0.5) is 0 Å². The zero-order chi connectivity index (χ0) is 9.80. The highest BCUT2D eigenvalue weighted by Gasteiger charge is 2.16. The third kappa shape index (κ3) is 1.89. The summed E-state index contributed by atoms with van der Waals surface area (Å²) in [6.07, 6.45) is 7.64. The van der Waals surface area contributed by atoms with E-state index < -0.39 is 0 Å². The van der Waals surface area contributed by atoms with Gasteiger partial charge >= 0.3 is 0 Å². The molecule has 1 atom stereocenters. The zero-order valence-electron chi connectivity index (χ0n) is 8.87. The van der Waals surface area contributed by atoms with Crippen LogP contribution in [0.2, 0.25) is 0 Å². The molecule has 14 heavy (non-hydrogen) atoms. The lowest BCUT2D eigenvalue weighted by atomic mass is 9.88. The van der Waals surface area contributed by atoms with Crippen LogP contribution in [0, 0.1) is 0 Å². The van der Waals surface area contributed by atoms with E-state index in [1.807, 2.05) is 0 Å². The van der Waals surface area contributed by atoms with Crippen LogP contribution in [0.3, 0.4) is 0 Å². The summed E-state index contributed by atoms with van der Waals surface area (Å²) in [6.45, 7) is 2.29. The minimum atomic E-state index is 0.679. The lowest BCUT2D eigenvalue weighted by molar-refractivity contribution is 0.725. The average molecular weight is 186 g/mol. The number of allylic oxidation sites excluding steroid dienone is 2. The van der Waals surface area contributed by atoms with E-state index in [0.29, 0.717) is 5.92 Å². The molecule has 0 radical (unpaired) electrons. The van der Waals surface area contributed by atoms with Crippen molar-refractivity contribution >= 4 is 0 Å². The molecule has 74 valence electrons. The molecule has 0 heteroatoms. The number of hydrogen-bond donors (Lipinski definition) is 0. The summed E-state index contributed by atoms with van der Waals surface area (Å²) in [5, 5.41) is 0. The van der Waals surface area contributed by atoms with Crippen molar-refractivity contribution in [3.8, 4) is 0 Å². The van der Waals surface area contributed by atoms with Gasteiger partial charge in [0.2, 0.25) is 0 Å². The topological polar surface area (TPSA) is 0 Å². The first kappa shape index (κ1) is 9.51. The molecule has 0 saturated heterocycles. The van der Waals surface area contributed by atoms with Gasteiger partial charge in [-0.05, 0) is 31.2 Å².